The van der Waals surface area contributed by atoms with Crippen molar-refractivity contribution in [3.05, 3.63) is 29.6 Å². The largest absolute Gasteiger partial charge is 0.338 e. The molecule has 1 aromatic heterocycles. The van der Waals surface area contributed by atoms with Gasteiger partial charge in [0.05, 0.1) is 23.7 Å². The highest BCUT2D eigenvalue weighted by Crippen LogP contribution is 2.27. The predicted octanol–water partition coefficient (Wildman–Crippen LogP) is 1.88. The van der Waals surface area contributed by atoms with Crippen molar-refractivity contribution in [1.82, 2.24) is 20.0 Å². The summed E-state index contributed by atoms with van der Waals surface area (Å²) in [5.41, 5.74) is 2.18. The van der Waals surface area contributed by atoms with E-state index in [0.29, 0.717) is 13.1 Å². The van der Waals surface area contributed by atoms with Crippen LogP contribution in [-0.4, -0.2) is 53.7 Å². The van der Waals surface area contributed by atoms with Gasteiger partial charge in [-0.25, -0.2) is 13.2 Å². The summed E-state index contributed by atoms with van der Waals surface area (Å²) in [5, 5.41) is 7.17. The number of carbonyl (C=O) groups is 1. The van der Waals surface area contributed by atoms with Gasteiger partial charge in [-0.2, -0.15) is 5.10 Å². The van der Waals surface area contributed by atoms with Crippen LogP contribution in [0.3, 0.4) is 0 Å². The van der Waals surface area contributed by atoms with E-state index in [1.54, 1.807) is 15.8 Å². The Morgan fingerprint density at radius 2 is 2.28 bits per heavy atom. The number of hydrogen-bond acceptors (Lipinski definition) is 4. The second kappa shape index (κ2) is 7.59. The van der Waals surface area contributed by atoms with E-state index in [0.717, 1.165) is 24.8 Å². The Kier molecular flexibility index (Phi) is 5.46. The molecule has 8 heteroatoms. The molecular weight excluding hydrogens is 340 g/mol. The molecule has 7 nitrogen and oxygen atoms in total. The molecule has 1 aliphatic heterocycles. The lowest BCUT2D eigenvalue weighted by Crippen LogP contribution is -2.50. The Hall–Kier alpha value is -1.83. The zero-order valence-corrected chi connectivity index (χ0v) is 15.5. The van der Waals surface area contributed by atoms with Gasteiger partial charge in [0, 0.05) is 31.4 Å². The predicted molar refractivity (Wildman–Crippen MR) is 96.0 cm³/mol. The second-order valence-electron chi connectivity index (χ2n) is 6.69. The van der Waals surface area contributed by atoms with Crippen LogP contribution in [0.1, 0.15) is 44.2 Å². The van der Waals surface area contributed by atoms with Crippen LogP contribution in [0.25, 0.3) is 0 Å². The van der Waals surface area contributed by atoms with Crippen LogP contribution in [0, 0.1) is 0 Å². The SMILES string of the molecule is CCn1cc(C2CS(=O)(=O)CCN2C(=O)NCCC2=CCCC2)cn1. The molecule has 1 aliphatic carbocycles. The molecule has 1 unspecified atom stereocenters. The number of sulfone groups is 1. The normalized spacial score (nSPS) is 22.7. The lowest BCUT2D eigenvalue weighted by Gasteiger charge is -2.35. The van der Waals surface area contributed by atoms with Crippen molar-refractivity contribution in [2.75, 3.05) is 24.6 Å². The summed E-state index contributed by atoms with van der Waals surface area (Å²) in [7, 11) is -3.15. The summed E-state index contributed by atoms with van der Waals surface area (Å²) in [6.07, 6.45) is 10.1. The number of amides is 2. The first kappa shape index (κ1) is 18.0. The Bertz CT molecular complexity index is 754. The fourth-order valence-corrected chi connectivity index (χ4v) is 4.94. The van der Waals surface area contributed by atoms with Crippen molar-refractivity contribution in [2.24, 2.45) is 0 Å². The molecule has 3 rings (SSSR count). The number of carbonyl (C=O) groups excluding carboxylic acids is 1. The van der Waals surface area contributed by atoms with Crippen LogP contribution in [0.5, 0.6) is 0 Å². The maximum absolute atomic E-state index is 12.6. The second-order valence-corrected chi connectivity index (χ2v) is 8.92. The number of nitrogens with zero attached hydrogens (tertiary/aromatic N) is 3. The summed E-state index contributed by atoms with van der Waals surface area (Å²) in [6.45, 7) is 3.49. The molecule has 1 atom stereocenters. The Labute approximate surface area is 149 Å². The maximum Gasteiger partial charge on any atom is 0.317 e. The molecule has 1 N–H and O–H groups in total. The van der Waals surface area contributed by atoms with Gasteiger partial charge in [-0.1, -0.05) is 11.6 Å². The quantitative estimate of drug-likeness (QED) is 0.807. The molecule has 0 bridgehead atoms. The summed E-state index contributed by atoms with van der Waals surface area (Å²) in [4.78, 5) is 14.3. The van der Waals surface area contributed by atoms with Crippen LogP contribution in [0.2, 0.25) is 0 Å². The van der Waals surface area contributed by atoms with Crippen LogP contribution in [0.4, 0.5) is 4.79 Å². The minimum absolute atomic E-state index is 0.0178. The van der Waals surface area contributed by atoms with Crippen molar-refractivity contribution in [1.29, 1.82) is 0 Å². The Morgan fingerprint density at radius 1 is 1.44 bits per heavy atom. The first-order chi connectivity index (χ1) is 12.0. The highest BCUT2D eigenvalue weighted by Gasteiger charge is 2.35. The van der Waals surface area contributed by atoms with Crippen LogP contribution in [0.15, 0.2) is 24.0 Å². The molecule has 0 saturated carbocycles. The van der Waals surface area contributed by atoms with Crippen molar-refractivity contribution in [3.8, 4) is 0 Å². The van der Waals surface area contributed by atoms with Crippen LogP contribution < -0.4 is 5.32 Å². The summed E-state index contributed by atoms with van der Waals surface area (Å²) < 4.78 is 25.9. The minimum atomic E-state index is -3.15. The summed E-state index contributed by atoms with van der Waals surface area (Å²) >= 11 is 0. The first-order valence-electron chi connectivity index (χ1n) is 8.93. The maximum atomic E-state index is 12.6. The average Bonchev–Trinajstić information content (AvgIpc) is 3.25. The van der Waals surface area contributed by atoms with Gasteiger partial charge in [0.15, 0.2) is 9.84 Å². The fraction of sp³-hybridized carbons (Fsp3) is 0.647. The topological polar surface area (TPSA) is 84.3 Å². The molecule has 0 radical (unpaired) electrons. The van der Waals surface area contributed by atoms with Gasteiger partial charge < -0.3 is 10.2 Å². The van der Waals surface area contributed by atoms with Gasteiger partial charge in [-0.15, -0.1) is 0 Å². The molecule has 0 spiro atoms. The standard InChI is InChI=1S/C17H26N4O3S/c1-2-20-12-15(11-19-20)16-13-25(23,24)10-9-21(16)17(22)18-8-7-14-5-3-4-6-14/h5,11-12,16H,2-4,6-10,13H2,1H3,(H,18,22). The number of aryl methyl sites for hydroxylation is 1. The smallest absolute Gasteiger partial charge is 0.317 e. The molecule has 1 saturated heterocycles. The van der Waals surface area contributed by atoms with E-state index >= 15 is 0 Å². The van der Waals surface area contributed by atoms with E-state index in [4.69, 9.17) is 0 Å². The Balaban J connectivity index is 1.66. The third-order valence-electron chi connectivity index (χ3n) is 4.91. The van der Waals surface area contributed by atoms with E-state index in [1.807, 2.05) is 13.1 Å². The third-order valence-corrected chi connectivity index (χ3v) is 6.54. The summed E-state index contributed by atoms with van der Waals surface area (Å²) in [6, 6.07) is -0.660. The average molecular weight is 366 g/mol. The number of aromatic nitrogens is 2. The van der Waals surface area contributed by atoms with Crippen molar-refractivity contribution in [3.63, 3.8) is 0 Å². The van der Waals surface area contributed by atoms with Crippen LogP contribution in [-0.2, 0) is 16.4 Å². The van der Waals surface area contributed by atoms with Crippen molar-refractivity contribution < 1.29 is 13.2 Å². The number of rotatable bonds is 5. The monoisotopic (exact) mass is 366 g/mol. The third kappa shape index (κ3) is 4.42. The number of allylic oxidation sites excluding steroid dienone is 1. The lowest BCUT2D eigenvalue weighted by molar-refractivity contribution is 0.181. The van der Waals surface area contributed by atoms with E-state index in [2.05, 4.69) is 16.5 Å². The molecule has 2 amide bonds. The molecule has 2 heterocycles. The van der Waals surface area contributed by atoms with E-state index in [9.17, 15) is 13.2 Å². The van der Waals surface area contributed by atoms with E-state index < -0.39 is 15.9 Å². The number of hydrogen-bond donors (Lipinski definition) is 1. The molecule has 2 aliphatic rings. The zero-order chi connectivity index (χ0) is 17.9. The minimum Gasteiger partial charge on any atom is -0.338 e. The number of nitrogens with one attached hydrogen (secondary N) is 1. The van der Waals surface area contributed by atoms with Gasteiger partial charge in [0.25, 0.3) is 0 Å². The molecule has 0 aromatic carbocycles. The number of urea groups is 1. The zero-order valence-electron chi connectivity index (χ0n) is 14.6. The van der Waals surface area contributed by atoms with E-state index in [-0.39, 0.29) is 24.1 Å². The van der Waals surface area contributed by atoms with Gasteiger partial charge in [-0.05, 0) is 32.6 Å². The Morgan fingerprint density at radius 3 is 2.96 bits per heavy atom. The molecule has 138 valence electrons. The molecule has 1 fully saturated rings. The van der Waals surface area contributed by atoms with Gasteiger partial charge >= 0.3 is 6.03 Å². The van der Waals surface area contributed by atoms with Gasteiger partial charge in [0.1, 0.15) is 0 Å². The highest BCUT2D eigenvalue weighted by atomic mass is 32.2. The lowest BCUT2D eigenvalue weighted by atomic mass is 10.1. The van der Waals surface area contributed by atoms with Gasteiger partial charge in [-0.3, -0.25) is 4.68 Å². The molecular formula is C17H26N4O3S. The van der Waals surface area contributed by atoms with Crippen molar-refractivity contribution in [2.45, 2.75) is 45.2 Å². The summed E-state index contributed by atoms with van der Waals surface area (Å²) in [5.74, 6) is -0.0228. The van der Waals surface area contributed by atoms with Crippen LogP contribution >= 0.6 is 0 Å². The molecule has 1 aromatic rings. The molecule has 25 heavy (non-hydrogen) atoms. The highest BCUT2D eigenvalue weighted by molar-refractivity contribution is 7.91. The van der Waals surface area contributed by atoms with Crippen molar-refractivity contribution >= 4 is 15.9 Å². The fourth-order valence-electron chi connectivity index (χ4n) is 3.45. The van der Waals surface area contributed by atoms with Gasteiger partial charge in [0.2, 0.25) is 0 Å². The van der Waals surface area contributed by atoms with E-state index in [1.165, 1.54) is 12.0 Å². The first-order valence-corrected chi connectivity index (χ1v) is 10.8.